The van der Waals surface area contributed by atoms with Gasteiger partial charge in [0.1, 0.15) is 11.8 Å². The molecule has 10 heteroatoms. The third kappa shape index (κ3) is 5.73. The number of carbonyl (C=O) groups excluding carboxylic acids is 1. The van der Waals surface area contributed by atoms with Crippen LogP contribution in [0.5, 0.6) is 5.75 Å². The van der Waals surface area contributed by atoms with Crippen LogP contribution in [0.2, 0.25) is 0 Å². The second kappa shape index (κ2) is 9.05. The Bertz CT molecular complexity index is 1020. The summed E-state index contributed by atoms with van der Waals surface area (Å²) in [4.78, 5) is 12.2. The highest BCUT2D eigenvalue weighted by Gasteiger charge is 2.33. The number of aryl methyl sites for hydroxylation is 1. The van der Waals surface area contributed by atoms with Crippen molar-refractivity contribution in [2.45, 2.75) is 37.9 Å². The summed E-state index contributed by atoms with van der Waals surface area (Å²) in [5.74, 6) is -0.761. The molecule has 0 bridgehead atoms. The number of benzene rings is 2. The van der Waals surface area contributed by atoms with E-state index in [9.17, 15) is 26.4 Å². The lowest BCUT2D eigenvalue weighted by molar-refractivity contribution is -0.137. The van der Waals surface area contributed by atoms with Crippen molar-refractivity contribution >= 4 is 21.6 Å². The number of rotatable bonds is 7. The van der Waals surface area contributed by atoms with Gasteiger partial charge in [0.2, 0.25) is 15.9 Å². The number of methoxy groups -OCH3 is 1. The van der Waals surface area contributed by atoms with E-state index in [4.69, 9.17) is 4.74 Å². The van der Waals surface area contributed by atoms with Crippen molar-refractivity contribution < 1.29 is 31.1 Å². The molecule has 0 spiro atoms. The number of hydrogen-bond acceptors (Lipinski definition) is 4. The average molecular weight is 444 g/mol. The van der Waals surface area contributed by atoms with Crippen LogP contribution >= 0.6 is 0 Å². The maximum absolute atomic E-state index is 12.9. The van der Waals surface area contributed by atoms with Crippen molar-refractivity contribution in [2.75, 3.05) is 12.4 Å². The molecule has 0 aliphatic rings. The predicted octanol–water partition coefficient (Wildman–Crippen LogP) is 3.96. The zero-order valence-electron chi connectivity index (χ0n) is 16.9. The molecule has 2 aromatic carbocycles. The standard InChI is InChI=1S/C20H23F3N2O4S/c1-12(2)18(19(26)24-16-10-13(3)8-9-17(16)29-4)25-30(27,28)15-7-5-6-14(11-15)20(21,22)23/h5-12,18,25H,1-4H3,(H,24,26). The van der Waals surface area contributed by atoms with Gasteiger partial charge in [-0.2, -0.15) is 17.9 Å². The molecule has 1 amide bonds. The van der Waals surface area contributed by atoms with Crippen LogP contribution in [0, 0.1) is 12.8 Å². The van der Waals surface area contributed by atoms with Crippen LogP contribution in [0.15, 0.2) is 47.4 Å². The number of ether oxygens (including phenoxy) is 1. The van der Waals surface area contributed by atoms with Gasteiger partial charge in [-0.15, -0.1) is 0 Å². The third-order valence-electron chi connectivity index (χ3n) is 4.32. The summed E-state index contributed by atoms with van der Waals surface area (Å²) in [7, 11) is -2.96. The van der Waals surface area contributed by atoms with E-state index in [2.05, 4.69) is 10.0 Å². The lowest BCUT2D eigenvalue weighted by Crippen LogP contribution is -2.47. The monoisotopic (exact) mass is 444 g/mol. The maximum Gasteiger partial charge on any atom is 0.416 e. The molecular formula is C20H23F3N2O4S. The molecule has 0 saturated heterocycles. The predicted molar refractivity (Wildman–Crippen MR) is 107 cm³/mol. The minimum atomic E-state index is -4.69. The zero-order valence-corrected chi connectivity index (χ0v) is 17.7. The molecule has 0 heterocycles. The summed E-state index contributed by atoms with van der Waals surface area (Å²) in [6.07, 6.45) is -4.69. The number of hydrogen-bond donors (Lipinski definition) is 2. The lowest BCUT2D eigenvalue weighted by Gasteiger charge is -2.22. The fourth-order valence-electron chi connectivity index (χ4n) is 2.70. The molecular weight excluding hydrogens is 421 g/mol. The molecule has 2 N–H and O–H groups in total. The lowest BCUT2D eigenvalue weighted by atomic mass is 10.0. The molecule has 2 rings (SSSR count). The molecule has 1 unspecified atom stereocenters. The fourth-order valence-corrected chi connectivity index (χ4v) is 4.09. The van der Waals surface area contributed by atoms with Crippen LogP contribution in [0.4, 0.5) is 18.9 Å². The first kappa shape index (κ1) is 23.7. The molecule has 1 atom stereocenters. The van der Waals surface area contributed by atoms with Gasteiger partial charge in [0, 0.05) is 0 Å². The normalized spacial score (nSPS) is 13.2. The summed E-state index contributed by atoms with van der Waals surface area (Å²) in [5, 5.41) is 2.62. The van der Waals surface area contributed by atoms with Crippen molar-refractivity contribution in [2.24, 2.45) is 5.92 Å². The second-order valence-corrected chi connectivity index (χ2v) is 8.78. The Balaban J connectivity index is 2.31. The number of amides is 1. The molecule has 0 radical (unpaired) electrons. The number of halogens is 3. The molecule has 0 aliphatic heterocycles. The first-order chi connectivity index (χ1) is 13.8. The van der Waals surface area contributed by atoms with Crippen LogP contribution in [0.3, 0.4) is 0 Å². The molecule has 0 aromatic heterocycles. The van der Waals surface area contributed by atoms with Crippen molar-refractivity contribution in [3.8, 4) is 5.75 Å². The van der Waals surface area contributed by atoms with Crippen LogP contribution in [0.1, 0.15) is 25.0 Å². The Kier molecular flexibility index (Phi) is 7.14. The minimum Gasteiger partial charge on any atom is -0.495 e. The van der Waals surface area contributed by atoms with Gasteiger partial charge in [0.25, 0.3) is 0 Å². The Morgan fingerprint density at radius 2 is 1.77 bits per heavy atom. The van der Waals surface area contributed by atoms with Crippen molar-refractivity contribution in [1.82, 2.24) is 4.72 Å². The number of sulfonamides is 1. The first-order valence-electron chi connectivity index (χ1n) is 9.00. The molecule has 0 saturated carbocycles. The smallest absolute Gasteiger partial charge is 0.416 e. The van der Waals surface area contributed by atoms with E-state index in [1.807, 2.05) is 6.92 Å². The number of alkyl halides is 3. The largest absolute Gasteiger partial charge is 0.495 e. The van der Waals surface area contributed by atoms with Crippen LogP contribution in [-0.2, 0) is 21.0 Å². The van der Waals surface area contributed by atoms with Crippen molar-refractivity contribution in [3.05, 3.63) is 53.6 Å². The van der Waals surface area contributed by atoms with E-state index in [1.165, 1.54) is 7.11 Å². The molecule has 0 aliphatic carbocycles. The number of anilines is 1. The van der Waals surface area contributed by atoms with Crippen LogP contribution in [0.25, 0.3) is 0 Å². The summed E-state index contributed by atoms with van der Waals surface area (Å²) in [6.45, 7) is 5.05. The average Bonchev–Trinajstić information content (AvgIpc) is 2.65. The Hall–Kier alpha value is -2.59. The minimum absolute atomic E-state index is 0.353. The summed E-state index contributed by atoms with van der Waals surface area (Å²) >= 11 is 0. The van der Waals surface area contributed by atoms with E-state index >= 15 is 0 Å². The van der Waals surface area contributed by atoms with Gasteiger partial charge >= 0.3 is 6.18 Å². The summed E-state index contributed by atoms with van der Waals surface area (Å²) in [6, 6.07) is 7.21. The van der Waals surface area contributed by atoms with Gasteiger partial charge in [0.15, 0.2) is 0 Å². The quantitative estimate of drug-likeness (QED) is 0.677. The Labute approximate surface area is 173 Å². The molecule has 30 heavy (non-hydrogen) atoms. The maximum atomic E-state index is 12.9. The van der Waals surface area contributed by atoms with Gasteiger partial charge in [0.05, 0.1) is 23.3 Å². The Morgan fingerprint density at radius 1 is 1.10 bits per heavy atom. The van der Waals surface area contributed by atoms with Crippen LogP contribution in [-0.4, -0.2) is 27.5 Å². The van der Waals surface area contributed by atoms with Gasteiger partial charge < -0.3 is 10.1 Å². The van der Waals surface area contributed by atoms with E-state index in [0.29, 0.717) is 17.5 Å². The van der Waals surface area contributed by atoms with Crippen molar-refractivity contribution in [1.29, 1.82) is 0 Å². The fraction of sp³-hybridized carbons (Fsp3) is 0.350. The van der Waals surface area contributed by atoms with E-state index in [0.717, 1.165) is 23.8 Å². The van der Waals surface area contributed by atoms with Gasteiger partial charge in [-0.05, 0) is 48.7 Å². The summed E-state index contributed by atoms with van der Waals surface area (Å²) in [5.41, 5.74) is 0.101. The first-order valence-corrected chi connectivity index (χ1v) is 10.5. The SMILES string of the molecule is COc1ccc(C)cc1NC(=O)C(NS(=O)(=O)c1cccc(C(F)(F)F)c1)C(C)C. The van der Waals surface area contributed by atoms with E-state index < -0.39 is 44.5 Å². The number of carbonyl (C=O) groups is 1. The van der Waals surface area contributed by atoms with Gasteiger partial charge in [-0.1, -0.05) is 26.0 Å². The van der Waals surface area contributed by atoms with Gasteiger partial charge in [-0.3, -0.25) is 4.79 Å². The van der Waals surface area contributed by atoms with Gasteiger partial charge in [-0.25, -0.2) is 8.42 Å². The van der Waals surface area contributed by atoms with Crippen molar-refractivity contribution in [3.63, 3.8) is 0 Å². The Morgan fingerprint density at radius 3 is 2.33 bits per heavy atom. The molecule has 0 fully saturated rings. The zero-order chi connectivity index (χ0) is 22.7. The van der Waals surface area contributed by atoms with Crippen LogP contribution < -0.4 is 14.8 Å². The second-order valence-electron chi connectivity index (χ2n) is 7.06. The third-order valence-corrected chi connectivity index (χ3v) is 5.75. The highest BCUT2D eigenvalue weighted by molar-refractivity contribution is 7.89. The van der Waals surface area contributed by atoms with E-state index in [-0.39, 0.29) is 0 Å². The topological polar surface area (TPSA) is 84.5 Å². The molecule has 164 valence electrons. The highest BCUT2D eigenvalue weighted by Crippen LogP contribution is 2.31. The molecule has 6 nitrogen and oxygen atoms in total. The van der Waals surface area contributed by atoms with E-state index in [1.54, 1.807) is 32.0 Å². The molecule has 2 aromatic rings. The summed E-state index contributed by atoms with van der Waals surface area (Å²) < 4.78 is 71.6. The highest BCUT2D eigenvalue weighted by atomic mass is 32.2. The number of nitrogens with one attached hydrogen (secondary N) is 2.